The zero-order valence-corrected chi connectivity index (χ0v) is 12.8. The summed E-state index contributed by atoms with van der Waals surface area (Å²) in [5.74, 6) is -1.59. The molecule has 2 aromatic rings. The Balaban J connectivity index is 2.65. The minimum atomic E-state index is -3.29. The highest BCUT2D eigenvalue weighted by atomic mass is 19.3. The highest BCUT2D eigenvalue weighted by molar-refractivity contribution is 5.81. The van der Waals surface area contributed by atoms with Gasteiger partial charge < -0.3 is 25.7 Å². The van der Waals surface area contributed by atoms with Gasteiger partial charge in [0.2, 0.25) is 0 Å². The molecule has 0 aliphatic heterocycles. The maximum absolute atomic E-state index is 12.6. The van der Waals surface area contributed by atoms with Crippen LogP contribution in [0.5, 0.6) is 17.2 Å². The van der Waals surface area contributed by atoms with E-state index >= 15 is 0 Å². The highest BCUT2D eigenvalue weighted by Crippen LogP contribution is 2.43. The third kappa shape index (κ3) is 4.77. The molecule has 142 valence electrons. The first-order valence-corrected chi connectivity index (χ1v) is 6.85. The second kappa shape index (κ2) is 7.93. The fraction of sp³-hybridized carbons (Fsp3) is 0.200. The minimum Gasteiger partial charge on any atom is -0.434 e. The van der Waals surface area contributed by atoms with Gasteiger partial charge in [-0.2, -0.15) is 26.3 Å². The largest absolute Gasteiger partial charge is 0.434 e. The second-order valence-electron chi connectivity index (χ2n) is 4.78. The van der Waals surface area contributed by atoms with E-state index in [0.717, 1.165) is 18.2 Å². The van der Waals surface area contributed by atoms with Gasteiger partial charge in [-0.1, -0.05) is 0 Å². The average Bonchev–Trinajstić information content (AvgIpc) is 2.49. The molecular formula is C15H12F6N2O3. The third-order valence-corrected chi connectivity index (χ3v) is 3.06. The van der Waals surface area contributed by atoms with E-state index in [1.165, 1.54) is 12.1 Å². The van der Waals surface area contributed by atoms with E-state index in [9.17, 15) is 26.3 Å². The number of alkyl halides is 6. The van der Waals surface area contributed by atoms with Crippen LogP contribution in [0.15, 0.2) is 30.3 Å². The van der Waals surface area contributed by atoms with E-state index in [4.69, 9.17) is 11.5 Å². The summed E-state index contributed by atoms with van der Waals surface area (Å²) in [6.07, 6.45) is 0. The van der Waals surface area contributed by atoms with Crippen LogP contribution in [0.1, 0.15) is 0 Å². The number of nitrogen functional groups attached to an aromatic ring is 2. The van der Waals surface area contributed by atoms with Crippen molar-refractivity contribution in [2.45, 2.75) is 19.8 Å². The second-order valence-corrected chi connectivity index (χ2v) is 4.78. The van der Waals surface area contributed by atoms with Crippen molar-refractivity contribution in [3.8, 4) is 28.4 Å². The molecule has 2 aromatic carbocycles. The molecule has 0 unspecified atom stereocenters. The minimum absolute atomic E-state index is 0.0419. The van der Waals surface area contributed by atoms with Crippen LogP contribution in [0.3, 0.4) is 0 Å². The lowest BCUT2D eigenvalue weighted by atomic mass is 10.0. The summed E-state index contributed by atoms with van der Waals surface area (Å²) in [7, 11) is 0. The van der Waals surface area contributed by atoms with Gasteiger partial charge in [0.15, 0.2) is 0 Å². The van der Waals surface area contributed by atoms with Crippen molar-refractivity contribution in [1.29, 1.82) is 0 Å². The van der Waals surface area contributed by atoms with E-state index in [-0.39, 0.29) is 16.8 Å². The fourth-order valence-corrected chi connectivity index (χ4v) is 2.13. The van der Waals surface area contributed by atoms with Crippen molar-refractivity contribution in [2.24, 2.45) is 0 Å². The maximum atomic E-state index is 12.6. The highest BCUT2D eigenvalue weighted by Gasteiger charge is 2.21. The molecule has 0 amide bonds. The maximum Gasteiger partial charge on any atom is 0.387 e. The molecule has 0 radical (unpaired) electrons. The molecule has 0 atom stereocenters. The van der Waals surface area contributed by atoms with E-state index in [1.807, 2.05) is 0 Å². The Bertz CT molecular complexity index is 773. The van der Waals surface area contributed by atoms with Gasteiger partial charge in [-0.25, -0.2) is 0 Å². The first kappa shape index (κ1) is 19.3. The quantitative estimate of drug-likeness (QED) is 0.551. The third-order valence-electron chi connectivity index (χ3n) is 3.06. The summed E-state index contributed by atoms with van der Waals surface area (Å²) in [5, 5.41) is 0. The number of anilines is 2. The molecule has 0 saturated carbocycles. The predicted molar refractivity (Wildman–Crippen MR) is 80.6 cm³/mol. The van der Waals surface area contributed by atoms with Crippen molar-refractivity contribution >= 4 is 11.4 Å². The fourth-order valence-electron chi connectivity index (χ4n) is 2.13. The summed E-state index contributed by atoms with van der Waals surface area (Å²) >= 11 is 0. The Morgan fingerprint density at radius 1 is 0.615 bits per heavy atom. The molecular weight excluding hydrogens is 370 g/mol. The van der Waals surface area contributed by atoms with Crippen LogP contribution in [0, 0.1) is 0 Å². The summed E-state index contributed by atoms with van der Waals surface area (Å²) < 4.78 is 88.3. The SMILES string of the molecule is Nc1ccc(-c2cc(OC(F)F)c(N)cc2OC(F)F)c(OC(F)F)c1. The van der Waals surface area contributed by atoms with Crippen molar-refractivity contribution in [3.63, 3.8) is 0 Å². The van der Waals surface area contributed by atoms with Crippen molar-refractivity contribution in [2.75, 3.05) is 11.5 Å². The summed E-state index contributed by atoms with van der Waals surface area (Å²) in [5.41, 5.74) is 10.1. The van der Waals surface area contributed by atoms with Gasteiger partial charge in [0.05, 0.1) is 5.69 Å². The lowest BCUT2D eigenvalue weighted by molar-refractivity contribution is -0.0526. The monoisotopic (exact) mass is 382 g/mol. The Hall–Kier alpha value is -2.98. The van der Waals surface area contributed by atoms with Crippen LogP contribution < -0.4 is 25.7 Å². The average molecular weight is 382 g/mol. The van der Waals surface area contributed by atoms with Crippen LogP contribution in [0.2, 0.25) is 0 Å². The van der Waals surface area contributed by atoms with E-state index in [0.29, 0.717) is 0 Å². The molecule has 0 fully saturated rings. The van der Waals surface area contributed by atoms with Crippen LogP contribution in [-0.2, 0) is 0 Å². The number of benzene rings is 2. The van der Waals surface area contributed by atoms with Crippen LogP contribution >= 0.6 is 0 Å². The Labute approximate surface area is 143 Å². The van der Waals surface area contributed by atoms with Gasteiger partial charge in [-0.15, -0.1) is 0 Å². The zero-order chi connectivity index (χ0) is 19.4. The lowest BCUT2D eigenvalue weighted by Gasteiger charge is -2.18. The van der Waals surface area contributed by atoms with Crippen LogP contribution in [0.4, 0.5) is 37.7 Å². The molecule has 0 saturated heterocycles. The Morgan fingerprint density at radius 3 is 1.65 bits per heavy atom. The van der Waals surface area contributed by atoms with Gasteiger partial charge in [-0.05, 0) is 18.2 Å². The standard InChI is InChI=1S/C15H12F6N2O3/c16-13(17)24-10-3-6(22)1-2-7(10)8-4-12(26-15(20)21)9(23)5-11(8)25-14(18)19/h1-5,13-15H,22-23H2. The van der Waals surface area contributed by atoms with Crippen molar-refractivity contribution in [3.05, 3.63) is 30.3 Å². The molecule has 0 aromatic heterocycles. The van der Waals surface area contributed by atoms with E-state index in [2.05, 4.69) is 14.2 Å². The summed E-state index contributed by atoms with van der Waals surface area (Å²) in [6, 6.07) is 5.11. The zero-order valence-electron chi connectivity index (χ0n) is 12.8. The van der Waals surface area contributed by atoms with E-state index < -0.39 is 42.8 Å². The lowest BCUT2D eigenvalue weighted by Crippen LogP contribution is -2.08. The Morgan fingerprint density at radius 2 is 1.12 bits per heavy atom. The first-order chi connectivity index (χ1) is 12.2. The van der Waals surface area contributed by atoms with Crippen LogP contribution in [0.25, 0.3) is 11.1 Å². The number of halogens is 6. The van der Waals surface area contributed by atoms with Gasteiger partial charge in [-0.3, -0.25) is 0 Å². The molecule has 0 spiro atoms. The molecule has 5 nitrogen and oxygen atoms in total. The van der Waals surface area contributed by atoms with Gasteiger partial charge in [0.1, 0.15) is 17.2 Å². The number of hydrogen-bond acceptors (Lipinski definition) is 5. The molecule has 2 rings (SSSR count). The molecule has 0 aliphatic rings. The first-order valence-electron chi connectivity index (χ1n) is 6.85. The summed E-state index contributed by atoms with van der Waals surface area (Å²) in [4.78, 5) is 0. The smallest absolute Gasteiger partial charge is 0.387 e. The molecule has 0 heterocycles. The molecule has 26 heavy (non-hydrogen) atoms. The molecule has 0 aliphatic carbocycles. The predicted octanol–water partition coefficient (Wildman–Crippen LogP) is 4.32. The van der Waals surface area contributed by atoms with Gasteiger partial charge in [0, 0.05) is 28.9 Å². The van der Waals surface area contributed by atoms with Gasteiger partial charge in [0.25, 0.3) is 0 Å². The molecule has 11 heteroatoms. The van der Waals surface area contributed by atoms with E-state index in [1.54, 1.807) is 0 Å². The normalized spacial score (nSPS) is 11.3. The van der Waals surface area contributed by atoms with Gasteiger partial charge >= 0.3 is 19.8 Å². The Kier molecular flexibility index (Phi) is 5.90. The van der Waals surface area contributed by atoms with Crippen molar-refractivity contribution < 1.29 is 40.6 Å². The number of rotatable bonds is 7. The molecule has 0 bridgehead atoms. The number of hydrogen-bond donors (Lipinski definition) is 2. The molecule has 4 N–H and O–H groups in total. The number of nitrogens with two attached hydrogens (primary N) is 2. The van der Waals surface area contributed by atoms with Crippen molar-refractivity contribution in [1.82, 2.24) is 0 Å². The number of ether oxygens (including phenoxy) is 3. The topological polar surface area (TPSA) is 79.7 Å². The van der Waals surface area contributed by atoms with Crippen LogP contribution in [-0.4, -0.2) is 19.8 Å². The summed E-state index contributed by atoms with van der Waals surface area (Å²) in [6.45, 7) is -9.79.